The van der Waals surface area contributed by atoms with Crippen LogP contribution in [0.25, 0.3) is 0 Å². The van der Waals surface area contributed by atoms with Gasteiger partial charge in [-0.2, -0.15) is 0 Å². The Morgan fingerprint density at radius 3 is 2.81 bits per heavy atom. The van der Waals surface area contributed by atoms with E-state index in [4.69, 9.17) is 0 Å². The van der Waals surface area contributed by atoms with Crippen molar-refractivity contribution in [3.05, 3.63) is 34.1 Å². The zero-order valence-corrected chi connectivity index (χ0v) is 14.8. The van der Waals surface area contributed by atoms with E-state index >= 15 is 0 Å². The van der Waals surface area contributed by atoms with Crippen molar-refractivity contribution in [2.75, 3.05) is 13.1 Å². The van der Waals surface area contributed by atoms with Gasteiger partial charge >= 0.3 is 0 Å². The molecule has 0 spiro atoms. The number of halogens is 2. The third-order valence-electron chi connectivity index (χ3n) is 4.73. The highest BCUT2D eigenvalue weighted by molar-refractivity contribution is 9.10. The van der Waals surface area contributed by atoms with Crippen molar-refractivity contribution in [1.29, 1.82) is 0 Å². The lowest BCUT2D eigenvalue weighted by molar-refractivity contribution is 0.183. The molecule has 0 radical (unpaired) electrons. The number of rotatable bonds is 6. The van der Waals surface area contributed by atoms with Gasteiger partial charge in [-0.3, -0.25) is 0 Å². The molecule has 1 aliphatic carbocycles. The van der Waals surface area contributed by atoms with Crippen LogP contribution >= 0.6 is 15.9 Å². The molecule has 0 aliphatic heterocycles. The maximum atomic E-state index is 14.1. The van der Waals surface area contributed by atoms with Crippen molar-refractivity contribution in [3.8, 4) is 0 Å². The van der Waals surface area contributed by atoms with Crippen molar-refractivity contribution in [2.24, 2.45) is 17.8 Å². The van der Waals surface area contributed by atoms with E-state index in [2.05, 4.69) is 35.1 Å². The molecule has 1 nitrogen and oxygen atoms in total. The number of benzene rings is 1. The molecule has 0 bridgehead atoms. The Balaban J connectivity index is 2.01. The van der Waals surface area contributed by atoms with Crippen LogP contribution in [0.1, 0.15) is 45.1 Å². The van der Waals surface area contributed by atoms with Gasteiger partial charge in [0.1, 0.15) is 5.82 Å². The predicted octanol–water partition coefficient (Wildman–Crippen LogP) is 5.18. The van der Waals surface area contributed by atoms with Gasteiger partial charge in [-0.25, -0.2) is 4.39 Å². The van der Waals surface area contributed by atoms with Crippen molar-refractivity contribution in [2.45, 2.75) is 46.0 Å². The molecule has 1 N–H and O–H groups in total. The van der Waals surface area contributed by atoms with Gasteiger partial charge in [-0.15, -0.1) is 0 Å². The lowest BCUT2D eigenvalue weighted by Gasteiger charge is -2.35. The summed E-state index contributed by atoms with van der Waals surface area (Å²) in [5.41, 5.74) is 0.873. The molecule has 118 valence electrons. The van der Waals surface area contributed by atoms with Crippen molar-refractivity contribution < 1.29 is 4.39 Å². The van der Waals surface area contributed by atoms with Gasteiger partial charge in [0.05, 0.1) is 0 Å². The molecule has 2 rings (SSSR count). The second-order valence-electron chi connectivity index (χ2n) is 6.58. The van der Waals surface area contributed by atoms with Crippen molar-refractivity contribution in [1.82, 2.24) is 5.32 Å². The average molecular weight is 356 g/mol. The Morgan fingerprint density at radius 2 is 2.10 bits per heavy atom. The van der Waals surface area contributed by atoms with Crippen LogP contribution in [-0.2, 0) is 6.42 Å². The van der Waals surface area contributed by atoms with E-state index in [-0.39, 0.29) is 5.82 Å². The molecule has 1 aromatic rings. The number of hydrogen-bond donors (Lipinski definition) is 1. The predicted molar refractivity (Wildman–Crippen MR) is 91.0 cm³/mol. The highest BCUT2D eigenvalue weighted by atomic mass is 79.9. The molecule has 0 amide bonds. The molecular formula is C18H27BrFN. The maximum Gasteiger partial charge on any atom is 0.127 e. The summed E-state index contributed by atoms with van der Waals surface area (Å²) in [6.45, 7) is 6.71. The van der Waals surface area contributed by atoms with E-state index in [9.17, 15) is 4.39 Å². The summed E-state index contributed by atoms with van der Waals surface area (Å²) >= 11 is 3.34. The first-order valence-electron chi connectivity index (χ1n) is 8.24. The second-order valence-corrected chi connectivity index (χ2v) is 7.50. The first-order chi connectivity index (χ1) is 10.1. The van der Waals surface area contributed by atoms with E-state index in [0.29, 0.717) is 11.8 Å². The molecule has 1 saturated carbocycles. The van der Waals surface area contributed by atoms with Crippen LogP contribution in [0.4, 0.5) is 4.39 Å². The number of nitrogens with one attached hydrogen (secondary N) is 1. The first-order valence-corrected chi connectivity index (χ1v) is 9.04. The Bertz CT molecular complexity index is 449. The summed E-state index contributed by atoms with van der Waals surface area (Å²) in [6, 6.07) is 5.48. The quantitative estimate of drug-likeness (QED) is 0.693. The fraction of sp³-hybridized carbons (Fsp3) is 0.667. The molecule has 3 atom stereocenters. The van der Waals surface area contributed by atoms with Gasteiger partial charge < -0.3 is 5.32 Å². The lowest BCUT2D eigenvalue weighted by Crippen LogP contribution is -2.34. The van der Waals surface area contributed by atoms with E-state index in [1.807, 2.05) is 12.1 Å². The van der Waals surface area contributed by atoms with Gasteiger partial charge in [0.15, 0.2) is 0 Å². The SMILES string of the molecule is CCCNCC1CCC(C)CC1Cc1ccc(Br)cc1F. The van der Waals surface area contributed by atoms with Crippen LogP contribution < -0.4 is 5.32 Å². The first kappa shape index (κ1) is 17.0. The van der Waals surface area contributed by atoms with E-state index in [1.165, 1.54) is 25.7 Å². The van der Waals surface area contributed by atoms with Crippen LogP contribution in [0, 0.1) is 23.6 Å². The zero-order valence-electron chi connectivity index (χ0n) is 13.2. The van der Waals surface area contributed by atoms with Gasteiger partial charge in [0.25, 0.3) is 0 Å². The van der Waals surface area contributed by atoms with Gasteiger partial charge in [0.2, 0.25) is 0 Å². The molecule has 1 aliphatic rings. The van der Waals surface area contributed by atoms with Crippen molar-refractivity contribution >= 4 is 15.9 Å². The summed E-state index contributed by atoms with van der Waals surface area (Å²) in [5, 5.41) is 3.56. The Labute approximate surface area is 136 Å². The van der Waals surface area contributed by atoms with Gasteiger partial charge in [0, 0.05) is 4.47 Å². The van der Waals surface area contributed by atoms with Crippen LogP contribution in [-0.4, -0.2) is 13.1 Å². The molecule has 1 fully saturated rings. The lowest BCUT2D eigenvalue weighted by atomic mass is 9.72. The monoisotopic (exact) mass is 355 g/mol. The average Bonchev–Trinajstić information content (AvgIpc) is 2.44. The highest BCUT2D eigenvalue weighted by Gasteiger charge is 2.29. The van der Waals surface area contributed by atoms with Crippen LogP contribution in [0.15, 0.2) is 22.7 Å². The van der Waals surface area contributed by atoms with E-state index < -0.39 is 0 Å². The molecule has 1 aromatic carbocycles. The minimum absolute atomic E-state index is 0.0668. The minimum Gasteiger partial charge on any atom is -0.316 e. The van der Waals surface area contributed by atoms with Gasteiger partial charge in [-0.1, -0.05) is 42.3 Å². The minimum atomic E-state index is -0.0668. The van der Waals surface area contributed by atoms with Crippen LogP contribution in [0.5, 0.6) is 0 Å². The van der Waals surface area contributed by atoms with E-state index in [1.54, 1.807) is 6.07 Å². The Morgan fingerprint density at radius 1 is 1.29 bits per heavy atom. The molecule has 0 saturated heterocycles. The molecule has 21 heavy (non-hydrogen) atoms. The summed E-state index contributed by atoms with van der Waals surface area (Å²) in [5.74, 6) is 2.00. The molecule has 3 heteroatoms. The highest BCUT2D eigenvalue weighted by Crippen LogP contribution is 2.36. The number of hydrogen-bond acceptors (Lipinski definition) is 1. The van der Waals surface area contributed by atoms with E-state index in [0.717, 1.165) is 35.5 Å². The standard InChI is InChI=1S/C18H27BrFN/c1-3-8-21-12-15-5-4-13(2)9-16(15)10-14-6-7-17(19)11-18(14)20/h6-7,11,13,15-16,21H,3-5,8-10,12H2,1-2H3. The van der Waals surface area contributed by atoms with Gasteiger partial charge in [-0.05, 0) is 74.2 Å². The van der Waals surface area contributed by atoms with Crippen molar-refractivity contribution in [3.63, 3.8) is 0 Å². The summed E-state index contributed by atoms with van der Waals surface area (Å²) in [7, 11) is 0. The Hall–Kier alpha value is -0.410. The molecule has 0 aromatic heterocycles. The summed E-state index contributed by atoms with van der Waals surface area (Å²) in [4.78, 5) is 0. The fourth-order valence-electron chi connectivity index (χ4n) is 3.51. The smallest absolute Gasteiger partial charge is 0.127 e. The third kappa shape index (κ3) is 5.07. The second kappa shape index (κ2) is 8.28. The normalized spacial score (nSPS) is 26.0. The maximum absolute atomic E-state index is 14.1. The van der Waals surface area contributed by atoms with Crippen LogP contribution in [0.3, 0.4) is 0 Å². The third-order valence-corrected chi connectivity index (χ3v) is 5.23. The fourth-order valence-corrected chi connectivity index (χ4v) is 3.85. The van der Waals surface area contributed by atoms with Crippen LogP contribution in [0.2, 0.25) is 0 Å². The Kier molecular flexibility index (Phi) is 6.69. The molecule has 0 heterocycles. The summed E-state index contributed by atoms with van der Waals surface area (Å²) in [6.07, 6.45) is 5.88. The zero-order chi connectivity index (χ0) is 15.2. The molecular weight excluding hydrogens is 329 g/mol. The topological polar surface area (TPSA) is 12.0 Å². The summed E-state index contributed by atoms with van der Waals surface area (Å²) < 4.78 is 14.9. The molecule has 3 unspecified atom stereocenters. The largest absolute Gasteiger partial charge is 0.316 e.